The van der Waals surface area contributed by atoms with E-state index < -0.39 is 0 Å². The number of rotatable bonds is 2. The van der Waals surface area contributed by atoms with Crippen LogP contribution >= 0.6 is 0 Å². The van der Waals surface area contributed by atoms with Crippen molar-refractivity contribution in [1.29, 1.82) is 0 Å². The molecule has 2 N–H and O–H groups in total. The summed E-state index contributed by atoms with van der Waals surface area (Å²) >= 11 is 0. The largest absolute Gasteiger partial charge is 0.497 e. The first-order valence-electron chi connectivity index (χ1n) is 4.33. The number of methoxy groups -OCH3 is 1. The van der Waals surface area contributed by atoms with E-state index in [-0.39, 0.29) is 0 Å². The van der Waals surface area contributed by atoms with Crippen molar-refractivity contribution in [1.82, 2.24) is 0 Å². The minimum absolute atomic E-state index is 0.566. The van der Waals surface area contributed by atoms with Crippen molar-refractivity contribution in [2.24, 2.45) is 15.9 Å². The SMILES string of the molecule is COc1ccc(C2=NN=C(N)C2)cc1. The van der Waals surface area contributed by atoms with Gasteiger partial charge in [-0.2, -0.15) is 5.10 Å². The van der Waals surface area contributed by atoms with E-state index in [4.69, 9.17) is 10.5 Å². The van der Waals surface area contributed by atoms with Crippen LogP contribution in [0.5, 0.6) is 5.75 Å². The number of amidine groups is 1. The number of nitrogens with zero attached hydrogens (tertiary/aromatic N) is 2. The fourth-order valence-electron chi connectivity index (χ4n) is 1.31. The zero-order valence-corrected chi connectivity index (χ0v) is 7.90. The molecule has 0 saturated heterocycles. The summed E-state index contributed by atoms with van der Waals surface area (Å²) < 4.78 is 5.06. The molecule has 1 aliphatic heterocycles. The Bertz CT molecular complexity index is 392. The molecule has 0 fully saturated rings. The third-order valence-electron chi connectivity index (χ3n) is 2.07. The number of ether oxygens (including phenoxy) is 1. The zero-order valence-electron chi connectivity index (χ0n) is 7.90. The van der Waals surface area contributed by atoms with Crippen molar-refractivity contribution in [3.8, 4) is 5.75 Å². The summed E-state index contributed by atoms with van der Waals surface area (Å²) in [5.74, 6) is 1.40. The third-order valence-corrected chi connectivity index (χ3v) is 2.07. The van der Waals surface area contributed by atoms with Crippen molar-refractivity contribution in [3.05, 3.63) is 29.8 Å². The average molecular weight is 189 g/mol. The number of hydrogen-bond acceptors (Lipinski definition) is 4. The van der Waals surface area contributed by atoms with E-state index in [9.17, 15) is 0 Å². The zero-order chi connectivity index (χ0) is 9.97. The Kier molecular flexibility index (Phi) is 2.18. The first-order valence-corrected chi connectivity index (χ1v) is 4.33. The van der Waals surface area contributed by atoms with Crippen molar-refractivity contribution in [2.75, 3.05) is 7.11 Å². The average Bonchev–Trinajstić information content (AvgIpc) is 2.65. The topological polar surface area (TPSA) is 60.0 Å². The minimum atomic E-state index is 0.566. The highest BCUT2D eigenvalue weighted by atomic mass is 16.5. The third kappa shape index (κ3) is 1.59. The van der Waals surface area contributed by atoms with Gasteiger partial charge in [-0.3, -0.25) is 0 Å². The van der Waals surface area contributed by atoms with Crippen LogP contribution in [0.15, 0.2) is 34.5 Å². The molecule has 0 amide bonds. The molecule has 0 radical (unpaired) electrons. The number of nitrogens with two attached hydrogens (primary N) is 1. The van der Waals surface area contributed by atoms with Gasteiger partial charge in [0.1, 0.15) is 11.6 Å². The summed E-state index contributed by atoms with van der Waals surface area (Å²) in [6.07, 6.45) is 0.631. The molecule has 1 aliphatic rings. The molecule has 14 heavy (non-hydrogen) atoms. The van der Waals surface area contributed by atoms with E-state index in [1.807, 2.05) is 24.3 Å². The molecule has 1 heterocycles. The van der Waals surface area contributed by atoms with Gasteiger partial charge in [0, 0.05) is 0 Å². The summed E-state index contributed by atoms with van der Waals surface area (Å²) in [7, 11) is 1.64. The van der Waals surface area contributed by atoms with E-state index in [2.05, 4.69) is 10.2 Å². The van der Waals surface area contributed by atoms with Crippen molar-refractivity contribution < 1.29 is 4.74 Å². The van der Waals surface area contributed by atoms with Gasteiger partial charge in [-0.05, 0) is 29.8 Å². The highest BCUT2D eigenvalue weighted by Crippen LogP contribution is 2.15. The first-order chi connectivity index (χ1) is 6.79. The lowest BCUT2D eigenvalue weighted by Crippen LogP contribution is -2.12. The molecule has 0 atom stereocenters. The first kappa shape index (κ1) is 8.74. The maximum Gasteiger partial charge on any atom is 0.128 e. The highest BCUT2D eigenvalue weighted by Gasteiger charge is 2.11. The van der Waals surface area contributed by atoms with Crippen LogP contribution in [0.2, 0.25) is 0 Å². The fourth-order valence-corrected chi connectivity index (χ4v) is 1.31. The van der Waals surface area contributed by atoms with Crippen LogP contribution in [0.3, 0.4) is 0 Å². The molecule has 0 saturated carbocycles. The predicted molar refractivity (Wildman–Crippen MR) is 55.8 cm³/mol. The minimum Gasteiger partial charge on any atom is -0.497 e. The second-order valence-corrected chi connectivity index (χ2v) is 3.04. The van der Waals surface area contributed by atoms with E-state index in [0.29, 0.717) is 12.3 Å². The maximum absolute atomic E-state index is 5.53. The molecule has 4 heteroatoms. The molecule has 0 spiro atoms. The maximum atomic E-state index is 5.53. The van der Waals surface area contributed by atoms with Gasteiger partial charge in [0.25, 0.3) is 0 Å². The molecule has 1 aromatic carbocycles. The van der Waals surface area contributed by atoms with Crippen LogP contribution in [0, 0.1) is 0 Å². The van der Waals surface area contributed by atoms with Crippen molar-refractivity contribution in [2.45, 2.75) is 6.42 Å². The molecule has 0 aromatic heterocycles. The van der Waals surface area contributed by atoms with Crippen LogP contribution in [-0.2, 0) is 0 Å². The Balaban J connectivity index is 2.19. The fraction of sp³-hybridized carbons (Fsp3) is 0.200. The van der Waals surface area contributed by atoms with Gasteiger partial charge in [-0.1, -0.05) is 0 Å². The highest BCUT2D eigenvalue weighted by molar-refractivity contribution is 6.14. The van der Waals surface area contributed by atoms with E-state index in [1.165, 1.54) is 0 Å². The summed E-state index contributed by atoms with van der Waals surface area (Å²) in [6, 6.07) is 7.69. The van der Waals surface area contributed by atoms with Gasteiger partial charge in [0.15, 0.2) is 0 Å². The van der Waals surface area contributed by atoms with Crippen LogP contribution in [0.25, 0.3) is 0 Å². The summed E-state index contributed by atoms with van der Waals surface area (Å²) in [4.78, 5) is 0. The molecule has 1 aromatic rings. The van der Waals surface area contributed by atoms with Gasteiger partial charge in [-0.15, -0.1) is 5.10 Å². The second-order valence-electron chi connectivity index (χ2n) is 3.04. The Hall–Kier alpha value is -1.84. The Labute approximate surface area is 82.1 Å². The molecular formula is C10H11N3O. The van der Waals surface area contributed by atoms with Gasteiger partial charge < -0.3 is 10.5 Å². The molecule has 72 valence electrons. The van der Waals surface area contributed by atoms with E-state index in [0.717, 1.165) is 17.0 Å². The van der Waals surface area contributed by atoms with E-state index in [1.54, 1.807) is 7.11 Å². The van der Waals surface area contributed by atoms with Crippen molar-refractivity contribution >= 4 is 11.5 Å². The van der Waals surface area contributed by atoms with Crippen LogP contribution in [-0.4, -0.2) is 18.7 Å². The Morgan fingerprint density at radius 2 is 1.93 bits per heavy atom. The Morgan fingerprint density at radius 3 is 2.43 bits per heavy atom. The lowest BCUT2D eigenvalue weighted by Gasteiger charge is -2.01. The number of hydrogen-bond donors (Lipinski definition) is 1. The smallest absolute Gasteiger partial charge is 0.128 e. The summed E-state index contributed by atoms with van der Waals surface area (Å²) in [5, 5.41) is 7.77. The second kappa shape index (κ2) is 3.49. The quantitative estimate of drug-likeness (QED) is 0.758. The van der Waals surface area contributed by atoms with Gasteiger partial charge >= 0.3 is 0 Å². The summed E-state index contributed by atoms with van der Waals surface area (Å²) in [5.41, 5.74) is 7.47. The standard InChI is InChI=1S/C10H11N3O/c1-14-8-4-2-7(3-5-8)9-6-10(11)13-12-9/h2-5H,6H2,1H3,(H2,11,13). The lowest BCUT2D eigenvalue weighted by atomic mass is 10.1. The van der Waals surface area contributed by atoms with Gasteiger partial charge in [-0.25, -0.2) is 0 Å². The predicted octanol–water partition coefficient (Wildman–Crippen LogP) is 1.16. The van der Waals surface area contributed by atoms with Crippen LogP contribution < -0.4 is 10.5 Å². The van der Waals surface area contributed by atoms with Crippen molar-refractivity contribution in [3.63, 3.8) is 0 Å². The molecule has 2 rings (SSSR count). The normalized spacial score (nSPS) is 14.9. The lowest BCUT2D eigenvalue weighted by molar-refractivity contribution is 0.415. The molecule has 0 bridgehead atoms. The van der Waals surface area contributed by atoms with Crippen LogP contribution in [0.4, 0.5) is 0 Å². The van der Waals surface area contributed by atoms with E-state index >= 15 is 0 Å². The van der Waals surface area contributed by atoms with Crippen LogP contribution in [0.1, 0.15) is 12.0 Å². The molecule has 0 aliphatic carbocycles. The Morgan fingerprint density at radius 1 is 1.21 bits per heavy atom. The summed E-state index contributed by atoms with van der Waals surface area (Å²) in [6.45, 7) is 0. The molecule has 0 unspecified atom stereocenters. The van der Waals surface area contributed by atoms with Gasteiger partial charge in [0.05, 0.1) is 19.2 Å². The number of benzene rings is 1. The monoisotopic (exact) mass is 189 g/mol. The van der Waals surface area contributed by atoms with Gasteiger partial charge in [0.2, 0.25) is 0 Å². The molecular weight excluding hydrogens is 178 g/mol. The molecule has 4 nitrogen and oxygen atoms in total.